The average Bonchev–Trinajstić information content (AvgIpc) is 2.61. The molecule has 0 amide bonds. The summed E-state index contributed by atoms with van der Waals surface area (Å²) in [7, 11) is -1.93. The number of ether oxygens (including phenoxy) is 1. The van der Waals surface area contributed by atoms with Crippen molar-refractivity contribution in [3.63, 3.8) is 0 Å². The fraction of sp³-hybridized carbons (Fsp3) is 0.400. The highest BCUT2D eigenvalue weighted by atomic mass is 32.2. The van der Waals surface area contributed by atoms with Gasteiger partial charge in [0.05, 0.1) is 17.2 Å². The monoisotopic (exact) mass is 374 g/mol. The predicted octanol–water partition coefficient (Wildman–Crippen LogP) is 3.50. The predicted molar refractivity (Wildman–Crippen MR) is 106 cm³/mol. The molecule has 3 rings (SSSR count). The molecule has 1 aliphatic heterocycles. The first-order valence-corrected chi connectivity index (χ1v) is 10.4. The molecule has 1 heterocycles. The molecule has 5 nitrogen and oxygen atoms in total. The third-order valence-electron chi connectivity index (χ3n) is 4.75. The molecule has 2 aromatic rings. The van der Waals surface area contributed by atoms with Crippen LogP contribution in [0.4, 0.5) is 11.4 Å². The van der Waals surface area contributed by atoms with Gasteiger partial charge in [-0.05, 0) is 61.6 Å². The lowest BCUT2D eigenvalue weighted by Gasteiger charge is -2.31. The van der Waals surface area contributed by atoms with E-state index >= 15 is 0 Å². The number of sulfonamides is 1. The van der Waals surface area contributed by atoms with Crippen LogP contribution >= 0.6 is 0 Å². The van der Waals surface area contributed by atoms with E-state index in [4.69, 9.17) is 4.74 Å². The summed E-state index contributed by atoms with van der Waals surface area (Å²) in [5.74, 6) is 0. The van der Waals surface area contributed by atoms with Gasteiger partial charge in [-0.2, -0.15) is 0 Å². The highest BCUT2D eigenvalue weighted by molar-refractivity contribution is 7.92. The van der Waals surface area contributed by atoms with Gasteiger partial charge in [0.15, 0.2) is 0 Å². The first-order chi connectivity index (χ1) is 12.4. The first kappa shape index (κ1) is 18.7. The third-order valence-corrected chi connectivity index (χ3v) is 6.27. The summed E-state index contributed by atoms with van der Waals surface area (Å²) < 4.78 is 33.6. The van der Waals surface area contributed by atoms with Crippen LogP contribution in [0.2, 0.25) is 0 Å². The second-order valence-electron chi connectivity index (χ2n) is 6.80. The van der Waals surface area contributed by atoms with E-state index in [1.54, 1.807) is 13.2 Å². The molecule has 0 spiro atoms. The molecule has 0 radical (unpaired) electrons. The lowest BCUT2D eigenvalue weighted by Crippen LogP contribution is -2.32. The lowest BCUT2D eigenvalue weighted by molar-refractivity contribution is 0.205. The molecule has 0 saturated carbocycles. The Bertz CT molecular complexity index is 894. The Balaban J connectivity index is 1.89. The molecule has 140 valence electrons. The van der Waals surface area contributed by atoms with Crippen molar-refractivity contribution in [2.75, 3.05) is 36.4 Å². The van der Waals surface area contributed by atoms with Crippen molar-refractivity contribution in [1.82, 2.24) is 0 Å². The topological polar surface area (TPSA) is 58.6 Å². The summed E-state index contributed by atoms with van der Waals surface area (Å²) in [6.45, 7) is 6.12. The number of methoxy groups -OCH3 is 1. The van der Waals surface area contributed by atoms with Gasteiger partial charge < -0.3 is 9.64 Å². The van der Waals surface area contributed by atoms with Crippen LogP contribution in [0.3, 0.4) is 0 Å². The summed E-state index contributed by atoms with van der Waals surface area (Å²) in [6.07, 6.45) is 2.12. The average molecular weight is 375 g/mol. The Hall–Kier alpha value is -2.05. The van der Waals surface area contributed by atoms with Gasteiger partial charge in [-0.1, -0.05) is 18.2 Å². The minimum Gasteiger partial charge on any atom is -0.383 e. The minimum atomic E-state index is -3.62. The number of nitrogens with zero attached hydrogens (tertiary/aromatic N) is 1. The molecular weight excluding hydrogens is 348 g/mol. The zero-order valence-electron chi connectivity index (χ0n) is 15.6. The number of rotatable bonds is 6. The highest BCUT2D eigenvalue weighted by Crippen LogP contribution is 2.31. The van der Waals surface area contributed by atoms with Gasteiger partial charge in [-0.3, -0.25) is 4.72 Å². The molecule has 0 saturated heterocycles. The van der Waals surface area contributed by atoms with Gasteiger partial charge in [-0.25, -0.2) is 8.42 Å². The number of hydrogen-bond donors (Lipinski definition) is 1. The molecule has 0 bridgehead atoms. The Morgan fingerprint density at radius 3 is 2.73 bits per heavy atom. The van der Waals surface area contributed by atoms with E-state index in [0.29, 0.717) is 17.2 Å². The van der Waals surface area contributed by atoms with Crippen LogP contribution in [0.15, 0.2) is 41.3 Å². The summed E-state index contributed by atoms with van der Waals surface area (Å²) >= 11 is 0. The van der Waals surface area contributed by atoms with Gasteiger partial charge in [0, 0.05) is 25.9 Å². The largest absolute Gasteiger partial charge is 0.383 e. The van der Waals surface area contributed by atoms with E-state index in [9.17, 15) is 8.42 Å². The normalized spacial score (nSPS) is 14.2. The maximum Gasteiger partial charge on any atom is 0.262 e. The number of anilines is 2. The van der Waals surface area contributed by atoms with E-state index in [-0.39, 0.29) is 0 Å². The van der Waals surface area contributed by atoms with Crippen molar-refractivity contribution in [2.24, 2.45) is 0 Å². The van der Waals surface area contributed by atoms with E-state index in [2.05, 4.69) is 9.62 Å². The maximum atomic E-state index is 12.9. The summed E-state index contributed by atoms with van der Waals surface area (Å²) in [5, 5.41) is 0. The van der Waals surface area contributed by atoms with Crippen molar-refractivity contribution in [3.8, 4) is 0 Å². The molecule has 0 aliphatic carbocycles. The Morgan fingerprint density at radius 2 is 1.96 bits per heavy atom. The second kappa shape index (κ2) is 7.68. The third kappa shape index (κ3) is 4.02. The molecule has 6 heteroatoms. The number of aryl methyl sites for hydroxylation is 3. The van der Waals surface area contributed by atoms with Crippen molar-refractivity contribution < 1.29 is 13.2 Å². The minimum absolute atomic E-state index is 0.325. The summed E-state index contributed by atoms with van der Waals surface area (Å²) in [4.78, 5) is 2.59. The molecule has 0 unspecified atom stereocenters. The number of fused-ring (bicyclic) bond motifs is 1. The van der Waals surface area contributed by atoms with Gasteiger partial charge in [0.1, 0.15) is 0 Å². The maximum absolute atomic E-state index is 12.9. The van der Waals surface area contributed by atoms with Gasteiger partial charge in [0.25, 0.3) is 10.0 Å². The number of hydrogen-bond acceptors (Lipinski definition) is 4. The van der Waals surface area contributed by atoms with Crippen molar-refractivity contribution >= 4 is 21.4 Å². The van der Waals surface area contributed by atoms with Crippen LogP contribution in [-0.4, -0.2) is 35.2 Å². The Kier molecular flexibility index (Phi) is 5.53. The number of nitrogens with one attached hydrogen (secondary N) is 1. The van der Waals surface area contributed by atoms with Crippen LogP contribution in [0, 0.1) is 13.8 Å². The molecule has 0 atom stereocenters. The smallest absolute Gasteiger partial charge is 0.262 e. The van der Waals surface area contributed by atoms with Crippen molar-refractivity contribution in [2.45, 2.75) is 31.6 Å². The fourth-order valence-electron chi connectivity index (χ4n) is 3.35. The molecule has 26 heavy (non-hydrogen) atoms. The van der Waals surface area contributed by atoms with Crippen LogP contribution in [0.25, 0.3) is 0 Å². The summed E-state index contributed by atoms with van der Waals surface area (Å²) in [5.41, 5.74) is 4.60. The van der Waals surface area contributed by atoms with E-state index in [0.717, 1.165) is 42.7 Å². The summed E-state index contributed by atoms with van der Waals surface area (Å²) in [6, 6.07) is 11.3. The van der Waals surface area contributed by atoms with Crippen molar-refractivity contribution in [1.29, 1.82) is 0 Å². The quantitative estimate of drug-likeness (QED) is 0.841. The molecule has 1 N–H and O–H groups in total. The Labute approximate surface area is 156 Å². The van der Waals surface area contributed by atoms with E-state index in [1.807, 2.05) is 44.2 Å². The SMILES string of the molecule is COCCN1CCCc2ccc(NS(=O)(=O)c3cc(C)ccc3C)cc21. The molecular formula is C20H26N2O3S. The van der Waals surface area contributed by atoms with Gasteiger partial charge >= 0.3 is 0 Å². The zero-order chi connectivity index (χ0) is 18.7. The first-order valence-electron chi connectivity index (χ1n) is 8.87. The fourth-order valence-corrected chi connectivity index (χ4v) is 4.73. The van der Waals surface area contributed by atoms with Gasteiger partial charge in [-0.15, -0.1) is 0 Å². The molecule has 2 aromatic carbocycles. The molecule has 0 fully saturated rings. The Morgan fingerprint density at radius 1 is 1.15 bits per heavy atom. The number of benzene rings is 2. The lowest BCUT2D eigenvalue weighted by atomic mass is 10.0. The van der Waals surface area contributed by atoms with Crippen LogP contribution in [0.1, 0.15) is 23.1 Å². The van der Waals surface area contributed by atoms with Crippen LogP contribution < -0.4 is 9.62 Å². The van der Waals surface area contributed by atoms with Crippen LogP contribution in [0.5, 0.6) is 0 Å². The second-order valence-corrected chi connectivity index (χ2v) is 8.45. The highest BCUT2D eigenvalue weighted by Gasteiger charge is 2.20. The molecule has 1 aliphatic rings. The van der Waals surface area contributed by atoms with E-state index in [1.165, 1.54) is 5.56 Å². The molecule has 0 aromatic heterocycles. The standard InChI is InChI=1S/C20H26N2O3S/c1-15-6-7-16(2)20(13-15)26(23,24)21-18-9-8-17-5-4-10-22(11-12-25-3)19(17)14-18/h6-9,13-14,21H,4-5,10-12H2,1-3H3. The van der Waals surface area contributed by atoms with E-state index < -0.39 is 10.0 Å². The van der Waals surface area contributed by atoms with Gasteiger partial charge in [0.2, 0.25) is 0 Å². The van der Waals surface area contributed by atoms with Crippen molar-refractivity contribution in [3.05, 3.63) is 53.1 Å². The van der Waals surface area contributed by atoms with Crippen LogP contribution in [-0.2, 0) is 21.2 Å². The zero-order valence-corrected chi connectivity index (χ0v) is 16.4.